The van der Waals surface area contributed by atoms with Gasteiger partial charge < -0.3 is 16.0 Å². The summed E-state index contributed by atoms with van der Waals surface area (Å²) in [6, 6.07) is 16.3. The molecule has 0 aromatic heterocycles. The lowest BCUT2D eigenvalue weighted by Crippen LogP contribution is -2.08. The van der Waals surface area contributed by atoms with E-state index in [1.165, 1.54) is 11.3 Å². The standard InChI is InChI=1S/C15H19N3/c1-18(2)15-8-6-14(7-9-15)17-11-12-4-3-5-13(16)10-12/h3-10,17H,11,16H2,1-2H3. The molecule has 94 valence electrons. The maximum Gasteiger partial charge on any atom is 0.0401 e. The quantitative estimate of drug-likeness (QED) is 0.809. The maximum atomic E-state index is 5.75. The van der Waals surface area contributed by atoms with Crippen molar-refractivity contribution in [1.29, 1.82) is 0 Å². The Labute approximate surface area is 108 Å². The van der Waals surface area contributed by atoms with Crippen LogP contribution in [0.15, 0.2) is 48.5 Å². The van der Waals surface area contributed by atoms with Gasteiger partial charge in [-0.2, -0.15) is 0 Å². The molecule has 0 spiro atoms. The summed E-state index contributed by atoms with van der Waals surface area (Å²) in [6.07, 6.45) is 0. The van der Waals surface area contributed by atoms with E-state index in [0.717, 1.165) is 17.9 Å². The first kappa shape index (κ1) is 12.3. The smallest absolute Gasteiger partial charge is 0.0401 e. The van der Waals surface area contributed by atoms with Gasteiger partial charge in [0.2, 0.25) is 0 Å². The van der Waals surface area contributed by atoms with Crippen LogP contribution in [-0.4, -0.2) is 14.1 Å². The zero-order valence-corrected chi connectivity index (χ0v) is 10.9. The average molecular weight is 241 g/mol. The molecular formula is C15H19N3. The van der Waals surface area contributed by atoms with Crippen LogP contribution in [0.25, 0.3) is 0 Å². The number of nitrogens with two attached hydrogens (primary N) is 1. The number of anilines is 3. The fourth-order valence-electron chi connectivity index (χ4n) is 1.78. The molecule has 3 heteroatoms. The Bertz CT molecular complexity index is 503. The molecule has 0 radical (unpaired) electrons. The van der Waals surface area contributed by atoms with Crippen molar-refractivity contribution in [2.24, 2.45) is 0 Å². The molecule has 0 aliphatic carbocycles. The lowest BCUT2D eigenvalue weighted by Gasteiger charge is -2.13. The van der Waals surface area contributed by atoms with Gasteiger partial charge in [-0.15, -0.1) is 0 Å². The topological polar surface area (TPSA) is 41.3 Å². The van der Waals surface area contributed by atoms with Crippen LogP contribution in [-0.2, 0) is 6.54 Å². The van der Waals surface area contributed by atoms with Crippen LogP contribution < -0.4 is 16.0 Å². The Morgan fingerprint density at radius 1 is 1.06 bits per heavy atom. The Morgan fingerprint density at radius 2 is 1.78 bits per heavy atom. The Kier molecular flexibility index (Phi) is 3.72. The molecule has 0 bridgehead atoms. The predicted molar refractivity (Wildman–Crippen MR) is 79.0 cm³/mol. The summed E-state index contributed by atoms with van der Waals surface area (Å²) in [7, 11) is 4.07. The van der Waals surface area contributed by atoms with E-state index in [0.29, 0.717) is 0 Å². The Morgan fingerprint density at radius 3 is 2.39 bits per heavy atom. The predicted octanol–water partition coefficient (Wildman–Crippen LogP) is 2.95. The third-order valence-electron chi connectivity index (χ3n) is 2.83. The molecule has 0 unspecified atom stereocenters. The van der Waals surface area contributed by atoms with Crippen LogP contribution in [0.2, 0.25) is 0 Å². The number of rotatable bonds is 4. The summed E-state index contributed by atoms with van der Waals surface area (Å²) in [5.41, 5.74) is 10.0. The Balaban J connectivity index is 1.98. The summed E-state index contributed by atoms with van der Waals surface area (Å²) < 4.78 is 0. The first-order valence-electron chi connectivity index (χ1n) is 6.01. The van der Waals surface area contributed by atoms with Gasteiger partial charge in [0.1, 0.15) is 0 Å². The van der Waals surface area contributed by atoms with Gasteiger partial charge in [0.15, 0.2) is 0 Å². The normalized spacial score (nSPS) is 10.1. The van der Waals surface area contributed by atoms with Crippen molar-refractivity contribution < 1.29 is 0 Å². The highest BCUT2D eigenvalue weighted by Crippen LogP contribution is 2.16. The summed E-state index contributed by atoms with van der Waals surface area (Å²) in [6.45, 7) is 0.784. The molecule has 2 aromatic carbocycles. The lowest BCUT2D eigenvalue weighted by atomic mass is 10.2. The van der Waals surface area contributed by atoms with Gasteiger partial charge in [-0.05, 0) is 42.0 Å². The zero-order chi connectivity index (χ0) is 13.0. The molecule has 0 heterocycles. The van der Waals surface area contributed by atoms with Crippen LogP contribution in [0.1, 0.15) is 5.56 Å². The van der Waals surface area contributed by atoms with Gasteiger partial charge in [0, 0.05) is 37.7 Å². The number of hydrogen-bond donors (Lipinski definition) is 2. The van der Waals surface area contributed by atoms with Gasteiger partial charge in [-0.3, -0.25) is 0 Å². The highest BCUT2D eigenvalue weighted by Gasteiger charge is 1.97. The van der Waals surface area contributed by atoms with Crippen LogP contribution in [0.3, 0.4) is 0 Å². The first-order chi connectivity index (χ1) is 8.65. The largest absolute Gasteiger partial charge is 0.399 e. The molecule has 0 saturated heterocycles. The van der Waals surface area contributed by atoms with Crippen molar-refractivity contribution in [2.45, 2.75) is 6.54 Å². The summed E-state index contributed by atoms with van der Waals surface area (Å²) >= 11 is 0. The van der Waals surface area contributed by atoms with Crippen molar-refractivity contribution >= 4 is 17.1 Å². The zero-order valence-electron chi connectivity index (χ0n) is 10.9. The van der Waals surface area contributed by atoms with Crippen LogP contribution in [0, 0.1) is 0 Å². The van der Waals surface area contributed by atoms with E-state index in [9.17, 15) is 0 Å². The van der Waals surface area contributed by atoms with Gasteiger partial charge in [0.05, 0.1) is 0 Å². The average Bonchev–Trinajstić information content (AvgIpc) is 2.37. The van der Waals surface area contributed by atoms with Crippen LogP contribution in [0.5, 0.6) is 0 Å². The van der Waals surface area contributed by atoms with Gasteiger partial charge in [-0.1, -0.05) is 12.1 Å². The number of nitrogens with zero attached hydrogens (tertiary/aromatic N) is 1. The maximum absolute atomic E-state index is 5.75. The highest BCUT2D eigenvalue weighted by atomic mass is 15.1. The Hall–Kier alpha value is -2.16. The number of nitrogen functional groups attached to an aromatic ring is 1. The van der Waals surface area contributed by atoms with E-state index in [4.69, 9.17) is 5.73 Å². The molecule has 2 aromatic rings. The summed E-state index contributed by atoms with van der Waals surface area (Å²) in [4.78, 5) is 2.08. The van der Waals surface area contributed by atoms with Crippen molar-refractivity contribution in [3.63, 3.8) is 0 Å². The SMILES string of the molecule is CN(C)c1ccc(NCc2cccc(N)c2)cc1. The minimum Gasteiger partial charge on any atom is -0.399 e. The molecular weight excluding hydrogens is 222 g/mol. The molecule has 0 fully saturated rings. The summed E-state index contributed by atoms with van der Waals surface area (Å²) in [5.74, 6) is 0. The number of nitrogens with one attached hydrogen (secondary N) is 1. The third kappa shape index (κ3) is 3.17. The minimum atomic E-state index is 0.784. The van der Waals surface area contributed by atoms with Gasteiger partial charge >= 0.3 is 0 Å². The molecule has 18 heavy (non-hydrogen) atoms. The summed E-state index contributed by atoms with van der Waals surface area (Å²) in [5, 5.41) is 3.38. The van der Waals surface area contributed by atoms with Gasteiger partial charge in [-0.25, -0.2) is 0 Å². The van der Waals surface area contributed by atoms with Crippen LogP contribution >= 0.6 is 0 Å². The van der Waals surface area contributed by atoms with Crippen molar-refractivity contribution in [3.05, 3.63) is 54.1 Å². The van der Waals surface area contributed by atoms with E-state index in [1.807, 2.05) is 32.3 Å². The van der Waals surface area contributed by atoms with E-state index >= 15 is 0 Å². The molecule has 2 rings (SSSR count). The molecule has 3 nitrogen and oxygen atoms in total. The first-order valence-corrected chi connectivity index (χ1v) is 6.01. The molecule has 0 amide bonds. The molecule has 0 saturated carbocycles. The second-order valence-corrected chi connectivity index (χ2v) is 4.54. The van der Waals surface area contributed by atoms with Crippen molar-refractivity contribution in [1.82, 2.24) is 0 Å². The van der Waals surface area contributed by atoms with Crippen molar-refractivity contribution in [2.75, 3.05) is 30.0 Å². The second-order valence-electron chi connectivity index (χ2n) is 4.54. The van der Waals surface area contributed by atoms with Gasteiger partial charge in [0.25, 0.3) is 0 Å². The molecule has 0 aliphatic rings. The third-order valence-corrected chi connectivity index (χ3v) is 2.83. The minimum absolute atomic E-state index is 0.784. The van der Waals surface area contributed by atoms with E-state index < -0.39 is 0 Å². The second kappa shape index (κ2) is 5.45. The van der Waals surface area contributed by atoms with E-state index in [2.05, 4.69) is 40.5 Å². The fourth-order valence-corrected chi connectivity index (χ4v) is 1.78. The van der Waals surface area contributed by atoms with E-state index in [-0.39, 0.29) is 0 Å². The molecule has 0 aliphatic heterocycles. The molecule has 3 N–H and O–H groups in total. The fraction of sp³-hybridized carbons (Fsp3) is 0.200. The number of benzene rings is 2. The number of hydrogen-bond acceptors (Lipinski definition) is 3. The van der Waals surface area contributed by atoms with Crippen LogP contribution in [0.4, 0.5) is 17.1 Å². The monoisotopic (exact) mass is 241 g/mol. The lowest BCUT2D eigenvalue weighted by molar-refractivity contribution is 1.12. The molecule has 0 atom stereocenters. The highest BCUT2D eigenvalue weighted by molar-refractivity contribution is 5.54. The van der Waals surface area contributed by atoms with E-state index in [1.54, 1.807) is 0 Å². The van der Waals surface area contributed by atoms with Crippen molar-refractivity contribution in [3.8, 4) is 0 Å².